The largest absolute Gasteiger partial charge is 0.376 e. The van der Waals surface area contributed by atoms with Crippen LogP contribution in [0.2, 0.25) is 4.47 Å². The lowest BCUT2D eigenvalue weighted by Gasteiger charge is -2.06. The number of nitrogens with zero attached hydrogens (tertiary/aromatic N) is 1. The van der Waals surface area contributed by atoms with E-state index in [1.165, 1.54) is 0 Å². The van der Waals surface area contributed by atoms with E-state index >= 15 is 0 Å². The van der Waals surface area contributed by atoms with E-state index in [0.717, 1.165) is 16.9 Å². The van der Waals surface area contributed by atoms with Gasteiger partial charge in [0.25, 0.3) is 10.0 Å². The van der Waals surface area contributed by atoms with E-state index in [4.69, 9.17) is 16.3 Å². The first-order valence-electron chi connectivity index (χ1n) is 5.17. The van der Waals surface area contributed by atoms with Crippen molar-refractivity contribution in [2.75, 3.05) is 19.8 Å². The predicted octanol–water partition coefficient (Wildman–Crippen LogP) is 1.98. The van der Waals surface area contributed by atoms with Gasteiger partial charge in [0.15, 0.2) is 8.68 Å². The minimum absolute atomic E-state index is 0.146. The summed E-state index contributed by atoms with van der Waals surface area (Å²) in [4.78, 5) is 3.87. The van der Waals surface area contributed by atoms with Gasteiger partial charge >= 0.3 is 0 Å². The molecule has 0 bridgehead atoms. The summed E-state index contributed by atoms with van der Waals surface area (Å²) in [5.74, 6) is 0. The third-order valence-corrected chi connectivity index (χ3v) is 5.19. The molecule has 8 heteroatoms. The molecule has 0 aromatic carbocycles. The van der Waals surface area contributed by atoms with Crippen LogP contribution in [0, 0.1) is 6.92 Å². The van der Waals surface area contributed by atoms with Gasteiger partial charge in [-0.05, 0) is 13.8 Å². The molecule has 0 atom stereocenters. The van der Waals surface area contributed by atoms with E-state index in [9.17, 15) is 8.42 Å². The van der Waals surface area contributed by atoms with Crippen molar-refractivity contribution in [3.05, 3.63) is 22.3 Å². The molecule has 0 saturated heterocycles. The average molecular weight is 311 g/mol. The van der Waals surface area contributed by atoms with Crippen LogP contribution in [0.5, 0.6) is 0 Å². The van der Waals surface area contributed by atoms with E-state index in [2.05, 4.69) is 16.3 Å². The molecule has 1 heterocycles. The van der Waals surface area contributed by atoms with Crippen LogP contribution in [0.3, 0.4) is 0 Å². The Hall–Kier alpha value is -0.470. The molecule has 0 spiro atoms. The molecule has 0 fully saturated rings. The normalized spacial score (nSPS) is 11.7. The second-order valence-corrected chi connectivity index (χ2v) is 7.29. The van der Waals surface area contributed by atoms with Crippen molar-refractivity contribution in [2.24, 2.45) is 0 Å². The van der Waals surface area contributed by atoms with Gasteiger partial charge in [-0.2, -0.15) is 0 Å². The number of hydrogen-bond donors (Lipinski definition) is 1. The minimum atomic E-state index is -3.55. The highest BCUT2D eigenvalue weighted by Gasteiger charge is 2.20. The summed E-state index contributed by atoms with van der Waals surface area (Å²) in [5, 5.41) is 0. The topological polar surface area (TPSA) is 68.3 Å². The van der Waals surface area contributed by atoms with Gasteiger partial charge in [-0.3, -0.25) is 0 Å². The Morgan fingerprint density at radius 1 is 1.61 bits per heavy atom. The molecule has 5 nitrogen and oxygen atoms in total. The highest BCUT2D eigenvalue weighted by molar-refractivity contribution is 7.91. The molecule has 0 unspecified atom stereocenters. The molecule has 1 aromatic rings. The summed E-state index contributed by atoms with van der Waals surface area (Å²) in [6.45, 7) is 8.04. The van der Waals surface area contributed by atoms with E-state index < -0.39 is 10.0 Å². The first-order valence-corrected chi connectivity index (χ1v) is 7.85. The highest BCUT2D eigenvalue weighted by Crippen LogP contribution is 2.26. The fourth-order valence-corrected chi connectivity index (χ4v) is 3.95. The molecule has 0 radical (unpaired) electrons. The molecule has 0 aliphatic rings. The fraction of sp³-hybridized carbons (Fsp3) is 0.500. The summed E-state index contributed by atoms with van der Waals surface area (Å²) < 4.78 is 31.8. The van der Waals surface area contributed by atoms with Crippen LogP contribution in [0.4, 0.5) is 0 Å². The van der Waals surface area contributed by atoms with E-state index in [1.54, 1.807) is 6.92 Å². The fourth-order valence-electron chi connectivity index (χ4n) is 1.16. The van der Waals surface area contributed by atoms with Gasteiger partial charge in [0.2, 0.25) is 0 Å². The Morgan fingerprint density at radius 2 is 2.28 bits per heavy atom. The van der Waals surface area contributed by atoms with Crippen LogP contribution in [0.15, 0.2) is 16.4 Å². The third kappa shape index (κ3) is 4.66. The first-order chi connectivity index (χ1) is 8.33. The molecule has 1 aromatic heterocycles. The SMILES string of the molecule is C=C(C)COCCNS(=O)(=O)c1sc(Cl)nc1C. The number of nitrogens with one attached hydrogen (secondary N) is 1. The van der Waals surface area contributed by atoms with Gasteiger partial charge in [-0.15, -0.1) is 0 Å². The number of hydrogen-bond acceptors (Lipinski definition) is 5. The summed E-state index contributed by atoms with van der Waals surface area (Å²) in [6, 6.07) is 0. The molecule has 18 heavy (non-hydrogen) atoms. The molecule has 0 amide bonds. The Bertz CT molecular complexity index is 525. The lowest BCUT2D eigenvalue weighted by atomic mass is 10.4. The summed E-state index contributed by atoms with van der Waals surface area (Å²) in [6.07, 6.45) is 0. The maximum absolute atomic E-state index is 11.9. The lowest BCUT2D eigenvalue weighted by Crippen LogP contribution is -2.27. The van der Waals surface area contributed by atoms with Gasteiger partial charge < -0.3 is 4.74 Å². The molecule has 0 aliphatic carbocycles. The second kappa shape index (κ2) is 6.63. The number of thiazole rings is 1. The Balaban J connectivity index is 2.51. The van der Waals surface area contributed by atoms with Crippen molar-refractivity contribution < 1.29 is 13.2 Å². The standard InChI is InChI=1S/C10H15ClN2O3S2/c1-7(2)6-16-5-4-12-18(14,15)9-8(3)13-10(11)17-9/h12H,1,4-6H2,2-3H3. The van der Waals surface area contributed by atoms with Crippen molar-refractivity contribution in [3.63, 3.8) is 0 Å². The minimum Gasteiger partial charge on any atom is -0.376 e. The first kappa shape index (κ1) is 15.6. The number of halogens is 1. The monoisotopic (exact) mass is 310 g/mol. The molecular weight excluding hydrogens is 296 g/mol. The second-order valence-electron chi connectivity index (χ2n) is 3.75. The van der Waals surface area contributed by atoms with E-state index in [-0.39, 0.29) is 21.8 Å². The molecule has 0 saturated carbocycles. The van der Waals surface area contributed by atoms with E-state index in [1.807, 2.05) is 6.92 Å². The Kier molecular flexibility index (Phi) is 5.74. The van der Waals surface area contributed by atoms with Crippen LogP contribution in [0.1, 0.15) is 12.6 Å². The Labute approximate surface area is 116 Å². The smallest absolute Gasteiger partial charge is 0.252 e. The summed E-state index contributed by atoms with van der Waals surface area (Å²) in [7, 11) is -3.55. The van der Waals surface area contributed by atoms with Crippen molar-refractivity contribution in [2.45, 2.75) is 18.1 Å². The summed E-state index contributed by atoms with van der Waals surface area (Å²) >= 11 is 6.61. The predicted molar refractivity (Wildman–Crippen MR) is 72.7 cm³/mol. The number of sulfonamides is 1. The maximum atomic E-state index is 11.9. The van der Waals surface area contributed by atoms with Gasteiger partial charge in [0.05, 0.1) is 18.9 Å². The summed E-state index contributed by atoms with van der Waals surface area (Å²) in [5.41, 5.74) is 1.29. The van der Waals surface area contributed by atoms with Gasteiger partial charge in [-0.25, -0.2) is 18.1 Å². The van der Waals surface area contributed by atoms with Crippen LogP contribution >= 0.6 is 22.9 Å². The number of aryl methyl sites for hydroxylation is 1. The van der Waals surface area contributed by atoms with Gasteiger partial charge in [0, 0.05) is 6.54 Å². The highest BCUT2D eigenvalue weighted by atomic mass is 35.5. The van der Waals surface area contributed by atoms with Crippen molar-refractivity contribution in [1.29, 1.82) is 0 Å². The molecule has 1 rings (SSSR count). The molecule has 1 N–H and O–H groups in total. The molecular formula is C10H15ClN2O3S2. The van der Waals surface area contributed by atoms with Crippen LogP contribution in [0.25, 0.3) is 0 Å². The molecule has 0 aliphatic heterocycles. The van der Waals surface area contributed by atoms with E-state index in [0.29, 0.717) is 12.3 Å². The van der Waals surface area contributed by atoms with Gasteiger partial charge in [-0.1, -0.05) is 35.1 Å². The number of ether oxygens (including phenoxy) is 1. The molecule has 102 valence electrons. The number of rotatable bonds is 7. The van der Waals surface area contributed by atoms with Crippen molar-refractivity contribution in [3.8, 4) is 0 Å². The van der Waals surface area contributed by atoms with Gasteiger partial charge in [0.1, 0.15) is 0 Å². The van der Waals surface area contributed by atoms with Crippen LogP contribution in [-0.2, 0) is 14.8 Å². The quantitative estimate of drug-likeness (QED) is 0.617. The maximum Gasteiger partial charge on any atom is 0.252 e. The van der Waals surface area contributed by atoms with Crippen molar-refractivity contribution >= 4 is 33.0 Å². The Morgan fingerprint density at radius 3 is 2.78 bits per heavy atom. The van der Waals surface area contributed by atoms with Crippen LogP contribution in [-0.4, -0.2) is 33.2 Å². The third-order valence-electron chi connectivity index (χ3n) is 1.86. The zero-order chi connectivity index (χ0) is 13.8. The average Bonchev–Trinajstić information content (AvgIpc) is 2.57. The van der Waals surface area contributed by atoms with Crippen LogP contribution < -0.4 is 4.72 Å². The van der Waals surface area contributed by atoms with Crippen molar-refractivity contribution in [1.82, 2.24) is 9.71 Å². The zero-order valence-electron chi connectivity index (χ0n) is 10.2. The number of aromatic nitrogens is 1. The lowest BCUT2D eigenvalue weighted by molar-refractivity contribution is 0.162. The zero-order valence-corrected chi connectivity index (χ0v) is 12.6.